The van der Waals surface area contributed by atoms with Gasteiger partial charge in [0.25, 0.3) is 5.91 Å². The van der Waals surface area contributed by atoms with E-state index in [1.807, 2.05) is 0 Å². The molecule has 1 fully saturated rings. The van der Waals surface area contributed by atoms with Crippen LogP contribution in [0, 0.1) is 0 Å². The molecule has 0 bridgehead atoms. The van der Waals surface area contributed by atoms with Gasteiger partial charge in [0.05, 0.1) is 7.11 Å². The van der Waals surface area contributed by atoms with E-state index < -0.39 is 0 Å². The van der Waals surface area contributed by atoms with Gasteiger partial charge in [0.1, 0.15) is 15.6 Å². The van der Waals surface area contributed by atoms with Crippen LogP contribution in [0.25, 0.3) is 0 Å². The van der Waals surface area contributed by atoms with Crippen molar-refractivity contribution in [1.82, 2.24) is 5.32 Å². The average Bonchev–Trinajstić information content (AvgIpc) is 2.75. The van der Waals surface area contributed by atoms with Crippen LogP contribution >= 0.6 is 11.3 Å². The van der Waals surface area contributed by atoms with Crippen molar-refractivity contribution in [2.45, 2.75) is 18.9 Å². The molecule has 0 aromatic carbocycles. The van der Waals surface area contributed by atoms with E-state index >= 15 is 0 Å². The normalized spacial score (nSPS) is 16.5. The van der Waals surface area contributed by atoms with Gasteiger partial charge in [-0.15, -0.1) is 11.3 Å². The molecule has 1 aromatic heterocycles. The molecule has 0 atom stereocenters. The zero-order valence-corrected chi connectivity index (χ0v) is 12.0. The van der Waals surface area contributed by atoms with Crippen LogP contribution in [-0.2, 0) is 0 Å². The summed E-state index contributed by atoms with van der Waals surface area (Å²) in [7, 11) is 3.17. The molecular weight excluding hydrogens is 264 g/mol. The van der Waals surface area contributed by atoms with Crippen LogP contribution in [0.4, 0.5) is 10.7 Å². The second-order valence-corrected chi connectivity index (χ2v) is 5.59. The standard InChI is InChI=1S/C12H20N4O2S/c1-15-11(17)10-8(14)9(18-2)12(19-10)16-5-3-7(13)4-6-16/h7H,3-6,13-14H2,1-2H3,(H,15,17). The summed E-state index contributed by atoms with van der Waals surface area (Å²) in [6.45, 7) is 1.73. The molecule has 7 heteroatoms. The Morgan fingerprint density at radius 2 is 2.11 bits per heavy atom. The molecule has 0 radical (unpaired) electrons. The predicted octanol–water partition coefficient (Wildman–Crippen LogP) is 0.626. The zero-order chi connectivity index (χ0) is 14.0. The number of carbonyl (C=O) groups is 1. The van der Waals surface area contributed by atoms with Crippen LogP contribution in [-0.4, -0.2) is 39.2 Å². The summed E-state index contributed by atoms with van der Waals surface area (Å²) in [5.41, 5.74) is 12.3. The van der Waals surface area contributed by atoms with Crippen molar-refractivity contribution in [3.63, 3.8) is 0 Å². The summed E-state index contributed by atoms with van der Waals surface area (Å²) in [6, 6.07) is 0.262. The molecule has 2 rings (SSSR count). The highest BCUT2D eigenvalue weighted by Crippen LogP contribution is 2.45. The number of amides is 1. The monoisotopic (exact) mass is 284 g/mol. The van der Waals surface area contributed by atoms with Gasteiger partial charge in [0, 0.05) is 26.2 Å². The fourth-order valence-corrected chi connectivity index (χ4v) is 3.39. The highest BCUT2D eigenvalue weighted by molar-refractivity contribution is 7.19. The van der Waals surface area contributed by atoms with Crippen molar-refractivity contribution in [2.75, 3.05) is 37.9 Å². The third-order valence-corrected chi connectivity index (χ3v) is 4.59. The molecule has 1 aromatic rings. The Kier molecular flexibility index (Phi) is 4.16. The Hall–Kier alpha value is -1.47. The molecule has 1 amide bonds. The summed E-state index contributed by atoms with van der Waals surface area (Å²) in [6.07, 6.45) is 1.88. The summed E-state index contributed by atoms with van der Waals surface area (Å²) in [5.74, 6) is 0.417. The quantitative estimate of drug-likeness (QED) is 0.757. The van der Waals surface area contributed by atoms with Crippen molar-refractivity contribution in [2.24, 2.45) is 5.73 Å². The number of nitrogens with two attached hydrogens (primary N) is 2. The van der Waals surface area contributed by atoms with Crippen molar-refractivity contribution in [3.05, 3.63) is 4.88 Å². The molecule has 1 aliphatic rings. The van der Waals surface area contributed by atoms with Crippen molar-refractivity contribution < 1.29 is 9.53 Å². The van der Waals surface area contributed by atoms with E-state index in [1.54, 1.807) is 14.2 Å². The van der Waals surface area contributed by atoms with Gasteiger partial charge in [-0.1, -0.05) is 0 Å². The fraction of sp³-hybridized carbons (Fsp3) is 0.583. The minimum absolute atomic E-state index is 0.180. The van der Waals surface area contributed by atoms with E-state index in [-0.39, 0.29) is 11.9 Å². The lowest BCUT2D eigenvalue weighted by Gasteiger charge is -2.31. The minimum atomic E-state index is -0.180. The minimum Gasteiger partial charge on any atom is -0.492 e. The Balaban J connectivity index is 2.32. The van der Waals surface area contributed by atoms with Gasteiger partial charge in [-0.3, -0.25) is 4.79 Å². The first-order chi connectivity index (χ1) is 9.08. The van der Waals surface area contributed by atoms with Crippen molar-refractivity contribution >= 4 is 27.9 Å². The van der Waals surface area contributed by atoms with Crippen LogP contribution in [0.5, 0.6) is 5.75 Å². The van der Waals surface area contributed by atoms with Crippen LogP contribution in [0.1, 0.15) is 22.5 Å². The van der Waals surface area contributed by atoms with E-state index in [4.69, 9.17) is 16.2 Å². The first-order valence-corrected chi connectivity index (χ1v) is 7.09. The largest absolute Gasteiger partial charge is 0.492 e. The first kappa shape index (κ1) is 14.0. The van der Waals surface area contributed by atoms with Gasteiger partial charge in [-0.25, -0.2) is 0 Å². The van der Waals surface area contributed by atoms with Crippen molar-refractivity contribution in [1.29, 1.82) is 0 Å². The number of piperidine rings is 1. The SMILES string of the molecule is CNC(=O)c1sc(N2CCC(N)CC2)c(OC)c1N. The number of hydrogen-bond donors (Lipinski definition) is 3. The first-order valence-electron chi connectivity index (χ1n) is 6.27. The molecule has 0 aliphatic carbocycles. The number of anilines is 2. The lowest BCUT2D eigenvalue weighted by molar-refractivity contribution is 0.0967. The van der Waals surface area contributed by atoms with E-state index in [0.29, 0.717) is 16.3 Å². The Bertz CT molecular complexity index is 467. The predicted molar refractivity (Wildman–Crippen MR) is 78.1 cm³/mol. The molecule has 2 heterocycles. The Morgan fingerprint density at radius 3 is 2.63 bits per heavy atom. The number of nitrogen functional groups attached to an aromatic ring is 1. The van der Waals surface area contributed by atoms with Crippen LogP contribution < -0.4 is 26.4 Å². The molecule has 6 nitrogen and oxygen atoms in total. The third-order valence-electron chi connectivity index (χ3n) is 3.35. The smallest absolute Gasteiger partial charge is 0.263 e. The molecule has 0 spiro atoms. The van der Waals surface area contributed by atoms with Gasteiger partial charge in [-0.05, 0) is 12.8 Å². The van der Waals surface area contributed by atoms with Gasteiger partial charge in [-0.2, -0.15) is 0 Å². The second-order valence-electron chi connectivity index (χ2n) is 4.59. The lowest BCUT2D eigenvalue weighted by atomic mass is 10.1. The number of carbonyl (C=O) groups excluding carboxylic acids is 1. The number of rotatable bonds is 3. The molecule has 5 N–H and O–H groups in total. The molecule has 1 saturated heterocycles. The number of methoxy groups -OCH3 is 1. The maximum Gasteiger partial charge on any atom is 0.263 e. The second kappa shape index (κ2) is 5.66. The van der Waals surface area contributed by atoms with Gasteiger partial charge >= 0.3 is 0 Å². The fourth-order valence-electron chi connectivity index (χ4n) is 2.21. The summed E-state index contributed by atoms with van der Waals surface area (Å²) in [4.78, 5) is 14.5. The van der Waals surface area contributed by atoms with E-state index in [1.165, 1.54) is 11.3 Å². The van der Waals surface area contributed by atoms with Crippen molar-refractivity contribution in [3.8, 4) is 5.75 Å². The highest BCUT2D eigenvalue weighted by Gasteiger charge is 2.26. The summed E-state index contributed by atoms with van der Waals surface area (Å²) in [5, 5.41) is 3.52. The zero-order valence-electron chi connectivity index (χ0n) is 11.2. The number of nitrogens with one attached hydrogen (secondary N) is 1. The van der Waals surface area contributed by atoms with Gasteiger partial charge in [0.2, 0.25) is 0 Å². The van der Waals surface area contributed by atoms with Crippen LogP contribution in [0.3, 0.4) is 0 Å². The van der Waals surface area contributed by atoms with Gasteiger partial charge < -0.3 is 26.4 Å². The maximum atomic E-state index is 11.8. The third kappa shape index (κ3) is 2.62. The average molecular weight is 284 g/mol. The van der Waals surface area contributed by atoms with E-state index in [9.17, 15) is 4.79 Å². The molecule has 0 unspecified atom stereocenters. The molecule has 106 valence electrons. The van der Waals surface area contributed by atoms with Crippen LogP contribution in [0.15, 0.2) is 0 Å². The van der Waals surface area contributed by atoms with E-state index in [2.05, 4.69) is 10.2 Å². The van der Waals surface area contributed by atoms with Crippen LogP contribution in [0.2, 0.25) is 0 Å². The number of thiophene rings is 1. The topological polar surface area (TPSA) is 93.6 Å². The Morgan fingerprint density at radius 1 is 1.47 bits per heavy atom. The Labute approximate surface area is 116 Å². The van der Waals surface area contributed by atoms with Gasteiger partial charge in [0.15, 0.2) is 5.75 Å². The summed E-state index contributed by atoms with van der Waals surface area (Å²) >= 11 is 1.37. The molecule has 1 aliphatic heterocycles. The van der Waals surface area contributed by atoms with E-state index in [0.717, 1.165) is 30.9 Å². The number of ether oxygens (including phenoxy) is 1. The molecular formula is C12H20N4O2S. The number of nitrogens with zero attached hydrogens (tertiary/aromatic N) is 1. The molecule has 0 saturated carbocycles. The number of hydrogen-bond acceptors (Lipinski definition) is 6. The summed E-state index contributed by atoms with van der Waals surface area (Å²) < 4.78 is 5.36. The maximum absolute atomic E-state index is 11.8. The molecule has 19 heavy (non-hydrogen) atoms. The lowest BCUT2D eigenvalue weighted by Crippen LogP contribution is -2.39. The highest BCUT2D eigenvalue weighted by atomic mass is 32.1.